The Bertz CT molecular complexity index is 1340. The quantitative estimate of drug-likeness (QED) is 0.0941. The Morgan fingerprint density at radius 3 is 2.08 bits per heavy atom. The number of aliphatic hydroxyl groups excluding tert-OH is 2. The van der Waals surface area contributed by atoms with Crippen molar-refractivity contribution in [3.05, 3.63) is 29.8 Å². The van der Waals surface area contributed by atoms with E-state index in [0.717, 1.165) is 0 Å². The van der Waals surface area contributed by atoms with Crippen LogP contribution in [0.2, 0.25) is 0 Å². The molecular formula is C34H54N6O10. The van der Waals surface area contributed by atoms with Crippen LogP contribution in [-0.4, -0.2) is 128 Å². The van der Waals surface area contributed by atoms with Gasteiger partial charge in [0.1, 0.15) is 36.0 Å². The van der Waals surface area contributed by atoms with Gasteiger partial charge in [-0.3, -0.25) is 24.0 Å². The maximum Gasteiger partial charge on any atom is 0.328 e. The summed E-state index contributed by atoms with van der Waals surface area (Å²) < 4.78 is 0. The first-order chi connectivity index (χ1) is 23.4. The number of carboxylic acid groups (broad SMARTS) is 1. The lowest BCUT2D eigenvalue weighted by molar-refractivity contribution is -0.146. The van der Waals surface area contributed by atoms with Crippen LogP contribution in [0.5, 0.6) is 5.75 Å². The van der Waals surface area contributed by atoms with E-state index in [1.807, 2.05) is 20.8 Å². The summed E-state index contributed by atoms with van der Waals surface area (Å²) in [4.78, 5) is 81.8. The Morgan fingerprint density at radius 1 is 0.940 bits per heavy atom. The number of likely N-dealkylation sites (N-methyl/N-ethyl adjacent to an activating group) is 1. The summed E-state index contributed by atoms with van der Waals surface area (Å²) in [5, 5.41) is 46.6. The highest BCUT2D eigenvalue weighted by atomic mass is 16.4. The predicted octanol–water partition coefficient (Wildman–Crippen LogP) is -0.773. The van der Waals surface area contributed by atoms with E-state index in [4.69, 9.17) is 5.73 Å². The number of nitrogens with zero attached hydrogens (tertiary/aromatic N) is 2. The van der Waals surface area contributed by atoms with Crippen LogP contribution < -0.4 is 21.7 Å². The Kier molecular flexibility index (Phi) is 16.1. The molecule has 5 amide bonds. The fourth-order valence-corrected chi connectivity index (χ4v) is 5.79. The Balaban J connectivity index is 2.34. The maximum atomic E-state index is 14.0. The molecule has 1 saturated heterocycles. The highest BCUT2D eigenvalue weighted by Crippen LogP contribution is 2.21. The number of phenols is 1. The number of likely N-dealkylation sites (tertiary alicyclic amines) is 1. The number of hydrogen-bond donors (Lipinski definition) is 8. The van der Waals surface area contributed by atoms with Gasteiger partial charge in [0.2, 0.25) is 29.5 Å². The molecule has 0 radical (unpaired) electrons. The van der Waals surface area contributed by atoms with Crippen LogP contribution in [-0.2, 0) is 35.2 Å². The molecule has 16 heteroatoms. The standard InChI is InChI=1S/C34H54N6O10/c1-7-9-23(36-30(45)25-10-8-15-40(25)33(48)27(35)19(4)41)32(47)39(6)26(16-18(2)3)31(46)37-24(17-21-11-13-22(43)14-12-21)29(44)38-28(20(5)42)34(49)50/h11-14,18-20,23-28,41-43H,7-10,15-17,35H2,1-6H3,(H,36,45)(H,37,46)(H,38,44)(H,49,50)/t19-,20-,23+,24+,25+,26+,27+,28+/m1/s1. The van der Waals surface area contributed by atoms with Crippen molar-refractivity contribution in [3.8, 4) is 5.75 Å². The van der Waals surface area contributed by atoms with Crippen LogP contribution >= 0.6 is 0 Å². The SMILES string of the molecule is CCC[C@H](NC(=O)[C@@H]1CCCN1C(=O)[C@@H](N)[C@@H](C)O)C(=O)N(C)[C@@H](CC(C)C)C(=O)N[C@@H](Cc1ccc(O)cc1)C(=O)N[C@H](C(=O)O)[C@@H](C)O. The normalized spacial score (nSPS) is 18.6. The van der Waals surface area contributed by atoms with Gasteiger partial charge in [-0.05, 0) is 63.1 Å². The number of nitrogens with two attached hydrogens (primary N) is 1. The molecule has 16 nitrogen and oxygen atoms in total. The van der Waals surface area contributed by atoms with Gasteiger partial charge >= 0.3 is 5.97 Å². The highest BCUT2D eigenvalue weighted by Gasteiger charge is 2.40. The van der Waals surface area contributed by atoms with Crippen LogP contribution in [0.4, 0.5) is 0 Å². The number of rotatable bonds is 18. The molecule has 1 aromatic carbocycles. The number of carbonyl (C=O) groups is 6. The topological polar surface area (TPSA) is 252 Å². The van der Waals surface area contributed by atoms with E-state index in [1.165, 1.54) is 55.0 Å². The second kappa shape index (κ2) is 19.2. The van der Waals surface area contributed by atoms with Gasteiger partial charge in [-0.1, -0.05) is 39.3 Å². The van der Waals surface area contributed by atoms with E-state index in [2.05, 4.69) is 16.0 Å². The number of benzene rings is 1. The van der Waals surface area contributed by atoms with Gasteiger partial charge in [0.05, 0.1) is 12.2 Å². The zero-order valence-electron chi connectivity index (χ0n) is 29.7. The fourth-order valence-electron chi connectivity index (χ4n) is 5.79. The molecule has 280 valence electrons. The lowest BCUT2D eigenvalue weighted by atomic mass is 9.98. The summed E-state index contributed by atoms with van der Waals surface area (Å²) in [5.74, 6) is -4.92. The van der Waals surface area contributed by atoms with Gasteiger partial charge < -0.3 is 51.9 Å². The molecule has 0 spiro atoms. The molecule has 2 rings (SSSR count). The van der Waals surface area contributed by atoms with Crippen LogP contribution in [0.3, 0.4) is 0 Å². The number of carbonyl (C=O) groups excluding carboxylic acids is 5. The summed E-state index contributed by atoms with van der Waals surface area (Å²) in [7, 11) is 1.42. The number of carboxylic acids is 1. The lowest BCUT2D eigenvalue weighted by Gasteiger charge is -2.34. The smallest absolute Gasteiger partial charge is 0.328 e. The third-order valence-electron chi connectivity index (χ3n) is 8.70. The van der Waals surface area contributed by atoms with Crippen molar-refractivity contribution >= 4 is 35.5 Å². The summed E-state index contributed by atoms with van der Waals surface area (Å²) in [6.07, 6.45) is -0.926. The molecule has 1 heterocycles. The van der Waals surface area contributed by atoms with Crippen molar-refractivity contribution in [1.29, 1.82) is 0 Å². The van der Waals surface area contributed by atoms with Crippen LogP contribution in [0, 0.1) is 5.92 Å². The molecular weight excluding hydrogens is 652 g/mol. The van der Waals surface area contributed by atoms with E-state index < -0.39 is 84.0 Å². The first kappa shape index (κ1) is 41.9. The first-order valence-electron chi connectivity index (χ1n) is 17.0. The molecule has 1 aromatic rings. The van der Waals surface area contributed by atoms with Gasteiger partial charge in [0, 0.05) is 20.0 Å². The molecule has 0 bridgehead atoms. The molecule has 9 N–H and O–H groups in total. The Labute approximate surface area is 292 Å². The summed E-state index contributed by atoms with van der Waals surface area (Å²) in [5.41, 5.74) is 6.37. The third-order valence-corrected chi connectivity index (χ3v) is 8.70. The van der Waals surface area contributed by atoms with Crippen LogP contribution in [0.25, 0.3) is 0 Å². The number of aliphatic carboxylic acids is 1. The van der Waals surface area contributed by atoms with Crippen LogP contribution in [0.1, 0.15) is 72.3 Å². The molecule has 0 saturated carbocycles. The van der Waals surface area contributed by atoms with E-state index in [0.29, 0.717) is 24.8 Å². The molecule has 8 atom stereocenters. The number of amides is 5. The minimum Gasteiger partial charge on any atom is -0.508 e. The van der Waals surface area contributed by atoms with E-state index in [9.17, 15) is 49.2 Å². The second-order valence-electron chi connectivity index (χ2n) is 13.4. The average molecular weight is 707 g/mol. The predicted molar refractivity (Wildman–Crippen MR) is 182 cm³/mol. The first-order valence-corrected chi connectivity index (χ1v) is 17.0. The molecule has 50 heavy (non-hydrogen) atoms. The summed E-state index contributed by atoms with van der Waals surface area (Å²) >= 11 is 0. The average Bonchev–Trinajstić information content (AvgIpc) is 3.55. The van der Waals surface area contributed by atoms with Gasteiger partial charge in [-0.15, -0.1) is 0 Å². The van der Waals surface area contributed by atoms with Gasteiger partial charge in [-0.2, -0.15) is 0 Å². The number of aromatic hydroxyl groups is 1. The maximum absolute atomic E-state index is 14.0. The van der Waals surface area contributed by atoms with Crippen molar-refractivity contribution in [3.63, 3.8) is 0 Å². The van der Waals surface area contributed by atoms with Gasteiger partial charge in [0.25, 0.3) is 0 Å². The molecule has 0 aliphatic carbocycles. The van der Waals surface area contributed by atoms with Gasteiger partial charge in [0.15, 0.2) is 6.04 Å². The summed E-state index contributed by atoms with van der Waals surface area (Å²) in [6.45, 7) is 8.35. The minimum atomic E-state index is -1.66. The molecule has 1 aliphatic rings. The number of phenolic OH excluding ortho intramolecular Hbond substituents is 1. The van der Waals surface area contributed by atoms with Crippen molar-refractivity contribution in [2.24, 2.45) is 11.7 Å². The lowest BCUT2D eigenvalue weighted by Crippen LogP contribution is -2.60. The number of nitrogens with one attached hydrogen (secondary N) is 3. The molecule has 0 unspecified atom stereocenters. The molecule has 1 aliphatic heterocycles. The van der Waals surface area contributed by atoms with Crippen LogP contribution in [0.15, 0.2) is 24.3 Å². The fraction of sp³-hybridized carbons (Fsp3) is 0.647. The molecule has 1 fully saturated rings. The monoisotopic (exact) mass is 706 g/mol. The van der Waals surface area contributed by atoms with Crippen molar-refractivity contribution in [2.75, 3.05) is 13.6 Å². The molecule has 0 aromatic heterocycles. The van der Waals surface area contributed by atoms with E-state index >= 15 is 0 Å². The number of hydrogen-bond acceptors (Lipinski definition) is 10. The van der Waals surface area contributed by atoms with E-state index in [-0.39, 0.29) is 37.5 Å². The largest absolute Gasteiger partial charge is 0.508 e. The minimum absolute atomic E-state index is 0.0275. The van der Waals surface area contributed by atoms with Crippen molar-refractivity contribution in [2.45, 2.75) is 122 Å². The second-order valence-corrected chi connectivity index (χ2v) is 13.4. The van der Waals surface area contributed by atoms with Gasteiger partial charge in [-0.25, -0.2) is 4.79 Å². The van der Waals surface area contributed by atoms with Crippen molar-refractivity contribution in [1.82, 2.24) is 25.8 Å². The number of aliphatic hydroxyl groups is 2. The zero-order chi connectivity index (χ0) is 37.9. The van der Waals surface area contributed by atoms with Crippen molar-refractivity contribution < 1.29 is 49.2 Å². The summed E-state index contributed by atoms with van der Waals surface area (Å²) in [6, 6.07) is -1.43. The van der Waals surface area contributed by atoms with E-state index in [1.54, 1.807) is 0 Å². The Morgan fingerprint density at radius 2 is 1.56 bits per heavy atom. The third kappa shape index (κ3) is 11.7. The zero-order valence-corrected chi connectivity index (χ0v) is 29.7. The highest BCUT2D eigenvalue weighted by molar-refractivity contribution is 5.96. The Hall–Kier alpha value is -4.28.